The van der Waals surface area contributed by atoms with Crippen molar-refractivity contribution < 1.29 is 9.53 Å². The molecule has 1 amide bonds. The molecule has 100 valence electrons. The molecule has 0 bridgehead atoms. The molecule has 1 aromatic rings. The Balaban J connectivity index is 2.96. The first kappa shape index (κ1) is 15.0. The lowest BCUT2D eigenvalue weighted by atomic mass is 10.1. The molecule has 1 aromatic carbocycles. The van der Waals surface area contributed by atoms with E-state index in [2.05, 4.69) is 15.9 Å². The summed E-state index contributed by atoms with van der Waals surface area (Å²) in [6.45, 7) is 3.61. The zero-order chi connectivity index (χ0) is 13.9. The van der Waals surface area contributed by atoms with Crippen LogP contribution in [0.3, 0.4) is 0 Å². The lowest BCUT2D eigenvalue weighted by Crippen LogP contribution is -2.35. The first-order chi connectivity index (χ1) is 8.32. The van der Waals surface area contributed by atoms with Crippen LogP contribution in [0.4, 0.5) is 0 Å². The maximum Gasteiger partial charge on any atom is 0.262 e. The SMILES string of the molecule is CC(Oc1cc(Br)ccc1[C@H](C)N)C(=O)N(C)C. The molecular formula is C13H19BrN2O2. The molecule has 2 N–H and O–H groups in total. The predicted molar refractivity (Wildman–Crippen MR) is 75.5 cm³/mol. The van der Waals surface area contributed by atoms with Gasteiger partial charge in [0.1, 0.15) is 5.75 Å². The molecule has 0 aliphatic carbocycles. The van der Waals surface area contributed by atoms with Crippen LogP contribution in [0.1, 0.15) is 25.5 Å². The Morgan fingerprint density at radius 1 is 1.39 bits per heavy atom. The van der Waals surface area contributed by atoms with E-state index in [-0.39, 0.29) is 11.9 Å². The Hall–Kier alpha value is -1.07. The molecule has 4 nitrogen and oxygen atoms in total. The predicted octanol–water partition coefficient (Wildman–Crippen LogP) is 2.32. The molecule has 0 aromatic heterocycles. The maximum absolute atomic E-state index is 11.8. The van der Waals surface area contributed by atoms with Crippen molar-refractivity contribution in [1.82, 2.24) is 4.90 Å². The molecule has 0 saturated carbocycles. The maximum atomic E-state index is 11.8. The Morgan fingerprint density at radius 2 is 2.00 bits per heavy atom. The summed E-state index contributed by atoms with van der Waals surface area (Å²) >= 11 is 3.39. The van der Waals surface area contributed by atoms with Gasteiger partial charge in [-0.25, -0.2) is 0 Å². The molecule has 0 radical (unpaired) electrons. The van der Waals surface area contributed by atoms with Crippen LogP contribution in [0.15, 0.2) is 22.7 Å². The van der Waals surface area contributed by atoms with Crippen LogP contribution in [0.2, 0.25) is 0 Å². The van der Waals surface area contributed by atoms with E-state index < -0.39 is 6.10 Å². The van der Waals surface area contributed by atoms with Crippen molar-refractivity contribution in [3.63, 3.8) is 0 Å². The van der Waals surface area contributed by atoms with Gasteiger partial charge in [0.2, 0.25) is 0 Å². The highest BCUT2D eigenvalue weighted by molar-refractivity contribution is 9.10. The van der Waals surface area contributed by atoms with Crippen LogP contribution in [-0.4, -0.2) is 31.0 Å². The van der Waals surface area contributed by atoms with Gasteiger partial charge in [-0.05, 0) is 26.0 Å². The lowest BCUT2D eigenvalue weighted by molar-refractivity contribution is -0.135. The third-order valence-electron chi connectivity index (χ3n) is 2.56. The summed E-state index contributed by atoms with van der Waals surface area (Å²) in [4.78, 5) is 13.3. The van der Waals surface area contributed by atoms with E-state index in [4.69, 9.17) is 10.5 Å². The van der Waals surface area contributed by atoms with Gasteiger partial charge < -0.3 is 15.4 Å². The summed E-state index contributed by atoms with van der Waals surface area (Å²) in [6, 6.07) is 5.49. The van der Waals surface area contributed by atoms with Gasteiger partial charge in [-0.3, -0.25) is 4.79 Å². The third-order valence-corrected chi connectivity index (χ3v) is 3.05. The van der Waals surface area contributed by atoms with Crippen molar-refractivity contribution in [3.05, 3.63) is 28.2 Å². The van der Waals surface area contributed by atoms with Gasteiger partial charge in [0.25, 0.3) is 5.91 Å². The number of benzene rings is 1. The molecule has 0 fully saturated rings. The van der Waals surface area contributed by atoms with Crippen LogP contribution in [-0.2, 0) is 4.79 Å². The van der Waals surface area contributed by atoms with Gasteiger partial charge in [-0.15, -0.1) is 0 Å². The second kappa shape index (κ2) is 6.20. The molecule has 1 rings (SSSR count). The molecule has 1 unspecified atom stereocenters. The van der Waals surface area contributed by atoms with Gasteiger partial charge in [-0.2, -0.15) is 0 Å². The molecule has 0 heterocycles. The Labute approximate surface area is 116 Å². The molecular weight excluding hydrogens is 296 g/mol. The number of nitrogens with zero attached hydrogens (tertiary/aromatic N) is 1. The fraction of sp³-hybridized carbons (Fsp3) is 0.462. The number of nitrogens with two attached hydrogens (primary N) is 1. The minimum absolute atomic E-state index is 0.0781. The quantitative estimate of drug-likeness (QED) is 0.928. The normalized spacial score (nSPS) is 13.9. The summed E-state index contributed by atoms with van der Waals surface area (Å²) in [5, 5.41) is 0. The van der Waals surface area contributed by atoms with E-state index in [0.717, 1.165) is 10.0 Å². The van der Waals surface area contributed by atoms with E-state index in [1.165, 1.54) is 4.90 Å². The first-order valence-electron chi connectivity index (χ1n) is 5.75. The summed E-state index contributed by atoms with van der Waals surface area (Å²) in [6.07, 6.45) is -0.535. The second-order valence-corrected chi connectivity index (χ2v) is 5.38. The second-order valence-electron chi connectivity index (χ2n) is 4.46. The number of hydrogen-bond donors (Lipinski definition) is 1. The molecule has 2 atom stereocenters. The number of carbonyl (C=O) groups is 1. The topological polar surface area (TPSA) is 55.6 Å². The standard InChI is InChI=1S/C13H19BrN2O2/c1-8(15)11-6-5-10(14)7-12(11)18-9(2)13(17)16(3)4/h5-9H,15H2,1-4H3/t8-,9?/m0/s1. The van der Waals surface area contributed by atoms with E-state index >= 15 is 0 Å². The number of halogens is 1. The summed E-state index contributed by atoms with van der Waals surface area (Å²) in [5.41, 5.74) is 6.77. The Morgan fingerprint density at radius 3 is 2.50 bits per heavy atom. The van der Waals surface area contributed by atoms with Crippen molar-refractivity contribution >= 4 is 21.8 Å². The number of hydrogen-bond acceptors (Lipinski definition) is 3. The van der Waals surface area contributed by atoms with Crippen LogP contribution >= 0.6 is 15.9 Å². The molecule has 0 aliphatic heterocycles. The van der Waals surface area contributed by atoms with Crippen molar-refractivity contribution in [2.75, 3.05) is 14.1 Å². The molecule has 18 heavy (non-hydrogen) atoms. The fourth-order valence-corrected chi connectivity index (χ4v) is 1.93. The molecule has 0 saturated heterocycles. The van der Waals surface area contributed by atoms with Gasteiger partial charge in [-0.1, -0.05) is 22.0 Å². The number of carbonyl (C=O) groups excluding carboxylic acids is 1. The smallest absolute Gasteiger partial charge is 0.262 e. The highest BCUT2D eigenvalue weighted by atomic mass is 79.9. The highest BCUT2D eigenvalue weighted by Gasteiger charge is 2.19. The van der Waals surface area contributed by atoms with Gasteiger partial charge in [0, 0.05) is 30.2 Å². The number of likely N-dealkylation sites (N-methyl/N-ethyl adjacent to an activating group) is 1. The zero-order valence-electron chi connectivity index (χ0n) is 11.1. The molecule has 0 spiro atoms. The van der Waals surface area contributed by atoms with Crippen LogP contribution < -0.4 is 10.5 Å². The molecule has 0 aliphatic rings. The summed E-state index contributed by atoms with van der Waals surface area (Å²) < 4.78 is 6.60. The van der Waals surface area contributed by atoms with Crippen molar-refractivity contribution in [3.8, 4) is 5.75 Å². The molecule has 5 heteroatoms. The van der Waals surface area contributed by atoms with Crippen molar-refractivity contribution in [1.29, 1.82) is 0 Å². The van der Waals surface area contributed by atoms with Crippen molar-refractivity contribution in [2.45, 2.75) is 26.0 Å². The van der Waals surface area contributed by atoms with E-state index in [9.17, 15) is 4.79 Å². The van der Waals surface area contributed by atoms with Gasteiger partial charge >= 0.3 is 0 Å². The Kier molecular flexibility index (Phi) is 5.16. The van der Waals surface area contributed by atoms with E-state index in [0.29, 0.717) is 5.75 Å². The zero-order valence-corrected chi connectivity index (χ0v) is 12.7. The minimum Gasteiger partial charge on any atom is -0.481 e. The summed E-state index contributed by atoms with van der Waals surface area (Å²) in [7, 11) is 3.41. The largest absolute Gasteiger partial charge is 0.481 e. The third kappa shape index (κ3) is 3.71. The van der Waals surface area contributed by atoms with E-state index in [1.807, 2.05) is 25.1 Å². The van der Waals surface area contributed by atoms with E-state index in [1.54, 1.807) is 21.0 Å². The van der Waals surface area contributed by atoms with Crippen LogP contribution in [0.5, 0.6) is 5.75 Å². The number of rotatable bonds is 4. The van der Waals surface area contributed by atoms with Gasteiger partial charge in [0.15, 0.2) is 6.10 Å². The average molecular weight is 315 g/mol. The van der Waals surface area contributed by atoms with Gasteiger partial charge in [0.05, 0.1) is 0 Å². The fourth-order valence-electron chi connectivity index (χ4n) is 1.59. The average Bonchev–Trinajstić information content (AvgIpc) is 2.27. The highest BCUT2D eigenvalue weighted by Crippen LogP contribution is 2.28. The lowest BCUT2D eigenvalue weighted by Gasteiger charge is -2.21. The summed E-state index contributed by atoms with van der Waals surface area (Å²) in [5.74, 6) is 0.563. The first-order valence-corrected chi connectivity index (χ1v) is 6.55. The van der Waals surface area contributed by atoms with Crippen LogP contribution in [0, 0.1) is 0 Å². The van der Waals surface area contributed by atoms with Crippen LogP contribution in [0.25, 0.3) is 0 Å². The monoisotopic (exact) mass is 314 g/mol. The van der Waals surface area contributed by atoms with Crippen molar-refractivity contribution in [2.24, 2.45) is 5.73 Å². The number of amides is 1. The Bertz CT molecular complexity index is 433. The number of ether oxygens (including phenoxy) is 1. The minimum atomic E-state index is -0.535.